The van der Waals surface area contributed by atoms with Crippen LogP contribution in [-0.4, -0.2) is 11.6 Å². The molecule has 2 aromatic carbocycles. The van der Waals surface area contributed by atoms with Crippen LogP contribution in [0.15, 0.2) is 151 Å². The maximum atomic E-state index is 13.9. The minimum Gasteiger partial charge on any atom is -0.289 e. The minimum atomic E-state index is -0.391. The van der Waals surface area contributed by atoms with E-state index in [4.69, 9.17) is 10.2 Å². The maximum Gasteiger partial charge on any atom is 0.186 e. The number of azo groups is 2. The van der Waals surface area contributed by atoms with E-state index in [-0.39, 0.29) is 11.6 Å². The van der Waals surface area contributed by atoms with Crippen LogP contribution in [0.2, 0.25) is 0 Å². The van der Waals surface area contributed by atoms with Gasteiger partial charge in [-0.15, -0.1) is 21.6 Å². The summed E-state index contributed by atoms with van der Waals surface area (Å²) in [5, 5.41) is 19.1. The van der Waals surface area contributed by atoms with Gasteiger partial charge in [0.05, 0.1) is 21.1 Å². The van der Waals surface area contributed by atoms with E-state index in [9.17, 15) is 9.59 Å². The van der Waals surface area contributed by atoms with Gasteiger partial charge in [-0.25, -0.2) is 0 Å². The predicted octanol–water partition coefficient (Wildman–Crippen LogP) is 13.8. The van der Waals surface area contributed by atoms with Gasteiger partial charge < -0.3 is 0 Å². The number of hydrogen-bond donors (Lipinski definition) is 0. The van der Waals surface area contributed by atoms with E-state index in [0.29, 0.717) is 11.4 Å². The van der Waals surface area contributed by atoms with Gasteiger partial charge in [-0.05, 0) is 82.4 Å². The number of carbonyl (C=O) groups is 2. The lowest BCUT2D eigenvalue weighted by Gasteiger charge is -2.31. The van der Waals surface area contributed by atoms with Crippen LogP contribution in [0.1, 0.15) is 92.8 Å². The predicted molar refractivity (Wildman–Crippen MR) is 220 cm³/mol. The van der Waals surface area contributed by atoms with E-state index >= 15 is 0 Å². The molecule has 274 valence electrons. The van der Waals surface area contributed by atoms with Gasteiger partial charge in [-0.1, -0.05) is 119 Å². The zero-order valence-corrected chi connectivity index (χ0v) is 34.1. The summed E-state index contributed by atoms with van der Waals surface area (Å²) in [7, 11) is 0. The van der Waals surface area contributed by atoms with Crippen LogP contribution in [0.4, 0.5) is 11.4 Å². The van der Waals surface area contributed by atoms with Crippen molar-refractivity contribution < 1.29 is 9.59 Å². The van der Waals surface area contributed by atoms with Crippen molar-refractivity contribution in [2.24, 2.45) is 42.1 Å². The fourth-order valence-corrected chi connectivity index (χ4v) is 7.08. The SMILES string of the molecule is CC(C)(C)C1=CC(=C(/N=N/c2ccccc2)c2ccc(C(/N=N/c3ccccc3)=C3C=C(C(C)(C)C)C(=O)C(C(C)(C)C)=C3)s2)C=C(C(C)(C)C)C1=O. The number of rotatable bonds is 6. The van der Waals surface area contributed by atoms with E-state index < -0.39 is 21.7 Å². The molecule has 0 N–H and O–H groups in total. The monoisotopic (exact) mass is 724 g/mol. The first kappa shape index (κ1) is 39.3. The summed E-state index contributed by atoms with van der Waals surface area (Å²) in [5.41, 5.74) is 5.75. The molecule has 0 bridgehead atoms. The molecule has 0 aliphatic heterocycles. The second-order valence-corrected chi connectivity index (χ2v) is 18.8. The Balaban J connectivity index is 1.81. The van der Waals surface area contributed by atoms with Crippen molar-refractivity contribution in [3.63, 3.8) is 0 Å². The third-order valence-corrected chi connectivity index (χ3v) is 10.2. The second-order valence-electron chi connectivity index (χ2n) is 17.7. The van der Waals surface area contributed by atoms with Crippen molar-refractivity contribution in [3.8, 4) is 0 Å². The van der Waals surface area contributed by atoms with E-state index in [1.165, 1.54) is 11.3 Å². The highest BCUT2D eigenvalue weighted by Crippen LogP contribution is 2.45. The van der Waals surface area contributed by atoms with Crippen LogP contribution in [0, 0.1) is 21.7 Å². The Kier molecular flexibility index (Phi) is 11.0. The molecule has 0 unspecified atom stereocenters. The van der Waals surface area contributed by atoms with Crippen molar-refractivity contribution in [1.29, 1.82) is 0 Å². The van der Waals surface area contributed by atoms with Crippen LogP contribution in [0.5, 0.6) is 0 Å². The topological polar surface area (TPSA) is 83.6 Å². The molecular formula is C46H52N4O2S. The van der Waals surface area contributed by atoms with E-state index in [1.807, 2.05) is 97.1 Å². The number of nitrogens with zero attached hydrogens (tertiary/aromatic N) is 4. The lowest BCUT2D eigenvalue weighted by molar-refractivity contribution is -0.114. The van der Waals surface area contributed by atoms with Crippen molar-refractivity contribution in [1.82, 2.24) is 0 Å². The summed E-state index contributed by atoms with van der Waals surface area (Å²) in [5.74, 6) is 0.117. The Labute approximate surface area is 319 Å². The second kappa shape index (κ2) is 14.9. The third-order valence-electron chi connectivity index (χ3n) is 9.07. The fraction of sp³-hybridized carbons (Fsp3) is 0.348. The smallest absolute Gasteiger partial charge is 0.186 e. The first-order chi connectivity index (χ1) is 24.6. The molecular weight excluding hydrogens is 673 g/mol. The van der Waals surface area contributed by atoms with Crippen LogP contribution in [0.25, 0.3) is 11.4 Å². The molecule has 2 aliphatic rings. The van der Waals surface area contributed by atoms with E-state index in [2.05, 4.69) is 93.3 Å². The normalized spacial score (nSPS) is 16.2. The van der Waals surface area contributed by atoms with Gasteiger partial charge in [0.15, 0.2) is 11.6 Å². The van der Waals surface area contributed by atoms with Gasteiger partial charge in [0.1, 0.15) is 11.4 Å². The highest BCUT2D eigenvalue weighted by Gasteiger charge is 2.36. The van der Waals surface area contributed by atoms with Crippen LogP contribution in [-0.2, 0) is 9.59 Å². The van der Waals surface area contributed by atoms with Crippen LogP contribution in [0.3, 0.4) is 0 Å². The molecule has 7 heteroatoms. The lowest BCUT2D eigenvalue weighted by atomic mass is 9.71. The van der Waals surface area contributed by atoms with Gasteiger partial charge in [0.25, 0.3) is 0 Å². The molecule has 1 heterocycles. The average Bonchev–Trinajstić information content (AvgIpc) is 3.54. The van der Waals surface area contributed by atoms with Crippen molar-refractivity contribution >= 4 is 45.7 Å². The molecule has 6 nitrogen and oxygen atoms in total. The molecule has 2 aliphatic carbocycles. The third kappa shape index (κ3) is 9.20. The summed E-state index contributed by atoms with van der Waals surface area (Å²) in [6, 6.07) is 23.4. The first-order valence-electron chi connectivity index (χ1n) is 18.2. The maximum absolute atomic E-state index is 13.9. The molecule has 53 heavy (non-hydrogen) atoms. The quantitative estimate of drug-likeness (QED) is 0.237. The van der Waals surface area contributed by atoms with Crippen LogP contribution >= 0.6 is 11.3 Å². The molecule has 0 amide bonds. The van der Waals surface area contributed by atoms with Crippen molar-refractivity contribution in [3.05, 3.63) is 140 Å². The number of ketones is 2. The van der Waals surface area contributed by atoms with Crippen molar-refractivity contribution in [2.45, 2.75) is 83.1 Å². The zero-order valence-electron chi connectivity index (χ0n) is 33.3. The van der Waals surface area contributed by atoms with Gasteiger partial charge in [0, 0.05) is 33.4 Å². The Morgan fingerprint density at radius 1 is 0.434 bits per heavy atom. The summed E-state index contributed by atoms with van der Waals surface area (Å²) in [6.07, 6.45) is 7.92. The number of thiophene rings is 1. The Bertz CT molecular complexity index is 1930. The standard InChI is InChI=1S/C46H52N4O2S/c1-43(2,3)33-25-29(26-34(41(33)51)44(4,5)6)39(49-47-31-19-15-13-16-20-31)37-23-24-38(53-37)40(50-48-32-21-17-14-18-22-32)30-27-35(45(7,8)9)42(52)36(28-30)46(10,11)12/h13-28H,1-12H3/b49-47+,50-48+. The summed E-state index contributed by atoms with van der Waals surface area (Å²) in [6.45, 7) is 24.8. The highest BCUT2D eigenvalue weighted by molar-refractivity contribution is 7.14. The fourth-order valence-electron chi connectivity index (χ4n) is 6.06. The van der Waals surface area contributed by atoms with Crippen LogP contribution < -0.4 is 0 Å². The molecule has 5 rings (SSSR count). The Hall–Kier alpha value is -4.88. The molecule has 0 spiro atoms. The zero-order chi connectivity index (χ0) is 38.9. The number of carbonyl (C=O) groups excluding carboxylic acids is 2. The number of benzene rings is 2. The van der Waals surface area contributed by atoms with Gasteiger partial charge in [-0.2, -0.15) is 10.2 Å². The molecule has 0 atom stereocenters. The first-order valence-corrected chi connectivity index (χ1v) is 19.0. The molecule has 1 aromatic heterocycles. The summed E-state index contributed by atoms with van der Waals surface area (Å²) >= 11 is 1.53. The molecule has 0 radical (unpaired) electrons. The van der Waals surface area contributed by atoms with Gasteiger partial charge in [-0.3, -0.25) is 9.59 Å². The number of Topliss-reactive ketones (excluding diaryl/α,β-unsaturated/α-hetero) is 2. The molecule has 0 saturated heterocycles. The Morgan fingerprint density at radius 3 is 0.981 bits per heavy atom. The number of allylic oxidation sites excluding steroid dienone is 10. The molecule has 3 aromatic rings. The highest BCUT2D eigenvalue weighted by atomic mass is 32.1. The number of hydrogen-bond acceptors (Lipinski definition) is 7. The largest absolute Gasteiger partial charge is 0.289 e. The average molecular weight is 725 g/mol. The van der Waals surface area contributed by atoms with E-state index in [1.54, 1.807) is 0 Å². The summed E-state index contributed by atoms with van der Waals surface area (Å²) in [4.78, 5) is 29.5. The minimum absolute atomic E-state index is 0.0584. The lowest BCUT2D eigenvalue weighted by Crippen LogP contribution is -2.28. The van der Waals surface area contributed by atoms with E-state index in [0.717, 1.165) is 54.6 Å². The van der Waals surface area contributed by atoms with Gasteiger partial charge >= 0.3 is 0 Å². The summed E-state index contributed by atoms with van der Waals surface area (Å²) < 4.78 is 0. The van der Waals surface area contributed by atoms with Gasteiger partial charge in [0.2, 0.25) is 0 Å². The van der Waals surface area contributed by atoms with Crippen molar-refractivity contribution in [2.75, 3.05) is 0 Å². The molecule has 0 saturated carbocycles. The Morgan fingerprint density at radius 2 is 0.717 bits per heavy atom. The molecule has 0 fully saturated rings.